The van der Waals surface area contributed by atoms with Crippen molar-refractivity contribution in [2.45, 2.75) is 19.2 Å². The van der Waals surface area contributed by atoms with Gasteiger partial charge in [-0.25, -0.2) is 4.98 Å². The third-order valence-electron chi connectivity index (χ3n) is 3.23. The summed E-state index contributed by atoms with van der Waals surface area (Å²) >= 11 is 5.96. The van der Waals surface area contributed by atoms with E-state index >= 15 is 0 Å². The molecule has 0 saturated carbocycles. The maximum atomic E-state index is 5.96. The van der Waals surface area contributed by atoms with Crippen molar-refractivity contribution in [2.24, 2.45) is 0 Å². The molecule has 20 heavy (non-hydrogen) atoms. The summed E-state index contributed by atoms with van der Waals surface area (Å²) in [5, 5.41) is 0. The zero-order valence-electron chi connectivity index (χ0n) is 12.1. The Kier molecular flexibility index (Phi) is 4.85. The number of hydrogen-bond donors (Lipinski definition) is 0. The van der Waals surface area contributed by atoms with E-state index in [1.54, 1.807) is 7.11 Å². The molecule has 3 nitrogen and oxygen atoms in total. The minimum absolute atomic E-state index is 0.495. The van der Waals surface area contributed by atoms with E-state index < -0.39 is 0 Å². The summed E-state index contributed by atoms with van der Waals surface area (Å²) < 4.78 is 5.26. The van der Waals surface area contributed by atoms with Crippen LogP contribution in [0.2, 0.25) is 0 Å². The molecule has 0 bridgehead atoms. The lowest BCUT2D eigenvalue weighted by atomic mass is 10.2. The average molecular weight is 291 g/mol. The number of anilines is 2. The van der Waals surface area contributed by atoms with E-state index in [2.05, 4.69) is 18.0 Å². The molecule has 106 valence electrons. The summed E-state index contributed by atoms with van der Waals surface area (Å²) in [5.74, 6) is 2.22. The Hall–Kier alpha value is -1.74. The molecule has 1 aromatic carbocycles. The Balaban J connectivity index is 2.38. The van der Waals surface area contributed by atoms with Gasteiger partial charge >= 0.3 is 0 Å². The summed E-state index contributed by atoms with van der Waals surface area (Å²) in [6.07, 6.45) is 0.893. The number of aromatic nitrogens is 1. The molecule has 0 aliphatic carbocycles. The third-order valence-corrected chi connectivity index (χ3v) is 3.53. The molecule has 0 aliphatic heterocycles. The van der Waals surface area contributed by atoms with E-state index in [4.69, 9.17) is 16.3 Å². The van der Waals surface area contributed by atoms with Crippen LogP contribution in [0.4, 0.5) is 11.5 Å². The van der Waals surface area contributed by atoms with Gasteiger partial charge in [0.1, 0.15) is 11.6 Å². The molecule has 0 spiro atoms. The molecule has 0 saturated heterocycles. The van der Waals surface area contributed by atoms with Gasteiger partial charge in [-0.05, 0) is 36.2 Å². The van der Waals surface area contributed by atoms with E-state index in [0.717, 1.165) is 34.9 Å². The summed E-state index contributed by atoms with van der Waals surface area (Å²) in [4.78, 5) is 6.70. The Labute approximate surface area is 125 Å². The fraction of sp³-hybridized carbons (Fsp3) is 0.312. The van der Waals surface area contributed by atoms with Crippen molar-refractivity contribution in [2.75, 3.05) is 19.1 Å². The molecule has 0 unspecified atom stereocenters. The summed E-state index contributed by atoms with van der Waals surface area (Å²) in [6.45, 7) is 2.09. The first kappa shape index (κ1) is 14.7. The molecule has 0 N–H and O–H groups in total. The normalized spacial score (nSPS) is 10.4. The van der Waals surface area contributed by atoms with Crippen molar-refractivity contribution in [3.05, 3.63) is 47.7 Å². The number of rotatable bonds is 5. The number of halogens is 1. The Bertz CT molecular complexity index is 564. The maximum Gasteiger partial charge on any atom is 0.133 e. The highest BCUT2D eigenvalue weighted by atomic mass is 35.5. The van der Waals surface area contributed by atoms with Gasteiger partial charge in [0.05, 0.1) is 7.11 Å². The van der Waals surface area contributed by atoms with Crippen LogP contribution in [-0.2, 0) is 12.3 Å². The maximum absolute atomic E-state index is 5.96. The zero-order valence-corrected chi connectivity index (χ0v) is 12.8. The second-order valence-corrected chi connectivity index (χ2v) is 4.84. The smallest absolute Gasteiger partial charge is 0.133 e. The molecule has 2 rings (SSSR count). The van der Waals surface area contributed by atoms with Crippen LogP contribution in [0.15, 0.2) is 36.4 Å². The van der Waals surface area contributed by atoms with Crippen LogP contribution < -0.4 is 9.64 Å². The molecule has 0 fully saturated rings. The molecule has 0 aliphatic rings. The highest BCUT2D eigenvalue weighted by Crippen LogP contribution is 2.26. The van der Waals surface area contributed by atoms with Crippen molar-refractivity contribution in [1.29, 1.82) is 0 Å². The van der Waals surface area contributed by atoms with Crippen molar-refractivity contribution < 1.29 is 4.74 Å². The number of pyridine rings is 1. The van der Waals surface area contributed by atoms with Crippen molar-refractivity contribution in [3.8, 4) is 5.75 Å². The first-order valence-corrected chi connectivity index (χ1v) is 7.15. The highest BCUT2D eigenvalue weighted by Gasteiger charge is 2.09. The molecule has 1 aromatic heterocycles. The third kappa shape index (κ3) is 3.23. The van der Waals surface area contributed by atoms with Crippen molar-refractivity contribution in [1.82, 2.24) is 4.98 Å². The number of aryl methyl sites for hydroxylation is 1. The average Bonchev–Trinajstić information content (AvgIpc) is 2.53. The predicted molar refractivity (Wildman–Crippen MR) is 84.2 cm³/mol. The van der Waals surface area contributed by atoms with E-state index in [9.17, 15) is 0 Å². The number of ether oxygens (including phenoxy) is 1. The highest BCUT2D eigenvalue weighted by molar-refractivity contribution is 6.17. The molecule has 4 heteroatoms. The SMILES string of the molecule is CCc1cc(CCl)cc(N(C)c2cccc(OC)c2)n1. The topological polar surface area (TPSA) is 25.4 Å². The van der Waals surface area contributed by atoms with Crippen LogP contribution in [0, 0.1) is 0 Å². The van der Waals surface area contributed by atoms with E-state index in [1.807, 2.05) is 42.3 Å². The first-order valence-electron chi connectivity index (χ1n) is 6.61. The lowest BCUT2D eigenvalue weighted by molar-refractivity contribution is 0.415. The van der Waals surface area contributed by atoms with Crippen molar-refractivity contribution >= 4 is 23.1 Å². The molecular formula is C16H19ClN2O. The van der Waals surface area contributed by atoms with Gasteiger partial charge in [0.25, 0.3) is 0 Å². The van der Waals surface area contributed by atoms with Gasteiger partial charge < -0.3 is 9.64 Å². The van der Waals surface area contributed by atoms with Gasteiger partial charge in [-0.2, -0.15) is 0 Å². The lowest BCUT2D eigenvalue weighted by Crippen LogP contribution is -2.12. The Morgan fingerprint density at radius 1 is 1.25 bits per heavy atom. The van der Waals surface area contributed by atoms with Crippen LogP contribution in [0.1, 0.15) is 18.2 Å². The largest absolute Gasteiger partial charge is 0.497 e. The van der Waals surface area contributed by atoms with Gasteiger partial charge in [0, 0.05) is 30.4 Å². The van der Waals surface area contributed by atoms with Crippen LogP contribution >= 0.6 is 11.6 Å². The number of nitrogens with zero attached hydrogens (tertiary/aromatic N) is 2. The fourth-order valence-corrected chi connectivity index (χ4v) is 2.17. The second kappa shape index (κ2) is 6.62. The Morgan fingerprint density at radius 3 is 2.70 bits per heavy atom. The minimum Gasteiger partial charge on any atom is -0.497 e. The Morgan fingerprint density at radius 2 is 2.05 bits per heavy atom. The number of benzene rings is 1. The van der Waals surface area contributed by atoms with E-state index in [0.29, 0.717) is 5.88 Å². The standard InChI is InChI=1S/C16H19ClN2O/c1-4-13-8-12(11-17)9-16(18-13)19(2)14-6-5-7-15(10-14)20-3/h5-10H,4,11H2,1-3H3. The molecule has 0 radical (unpaired) electrons. The summed E-state index contributed by atoms with van der Waals surface area (Å²) in [6, 6.07) is 12.0. The summed E-state index contributed by atoms with van der Waals surface area (Å²) in [5.41, 5.74) is 3.17. The number of methoxy groups -OCH3 is 1. The zero-order chi connectivity index (χ0) is 14.5. The predicted octanol–water partition coefficient (Wildman–Crippen LogP) is 4.16. The van der Waals surface area contributed by atoms with Gasteiger partial charge in [-0.1, -0.05) is 13.0 Å². The van der Waals surface area contributed by atoms with Gasteiger partial charge in [-0.3, -0.25) is 0 Å². The van der Waals surface area contributed by atoms with Gasteiger partial charge in [0.2, 0.25) is 0 Å². The monoisotopic (exact) mass is 290 g/mol. The van der Waals surface area contributed by atoms with Crippen LogP contribution in [-0.4, -0.2) is 19.1 Å². The van der Waals surface area contributed by atoms with Gasteiger partial charge in [0.15, 0.2) is 0 Å². The first-order chi connectivity index (χ1) is 9.67. The lowest BCUT2D eigenvalue weighted by Gasteiger charge is -2.20. The van der Waals surface area contributed by atoms with Crippen LogP contribution in [0.25, 0.3) is 0 Å². The quantitative estimate of drug-likeness (QED) is 0.773. The molecule has 0 amide bonds. The fourth-order valence-electron chi connectivity index (χ4n) is 2.01. The van der Waals surface area contributed by atoms with Crippen molar-refractivity contribution in [3.63, 3.8) is 0 Å². The number of hydrogen-bond acceptors (Lipinski definition) is 3. The minimum atomic E-state index is 0.495. The second-order valence-electron chi connectivity index (χ2n) is 4.57. The van der Waals surface area contributed by atoms with Gasteiger partial charge in [-0.15, -0.1) is 11.6 Å². The summed E-state index contributed by atoms with van der Waals surface area (Å²) in [7, 11) is 3.66. The van der Waals surface area contributed by atoms with E-state index in [1.165, 1.54) is 0 Å². The van der Waals surface area contributed by atoms with E-state index in [-0.39, 0.29) is 0 Å². The number of alkyl halides is 1. The molecule has 2 aromatic rings. The molecule has 0 atom stereocenters. The molecular weight excluding hydrogens is 272 g/mol. The van der Waals surface area contributed by atoms with Crippen LogP contribution in [0.3, 0.4) is 0 Å². The molecule has 1 heterocycles. The van der Waals surface area contributed by atoms with Crippen LogP contribution in [0.5, 0.6) is 5.75 Å².